The Balaban J connectivity index is 2.56. The van der Waals surface area contributed by atoms with Crippen LogP contribution in [0.2, 0.25) is 0 Å². The normalized spacial score (nSPS) is 10.6. The zero-order valence-electron chi connectivity index (χ0n) is 9.18. The van der Waals surface area contributed by atoms with Gasteiger partial charge in [-0.05, 0) is 56.1 Å². The Labute approximate surface area is 123 Å². The lowest BCUT2D eigenvalue weighted by Gasteiger charge is -2.06. The molecule has 0 aliphatic rings. The van der Waals surface area contributed by atoms with Gasteiger partial charge < -0.3 is 0 Å². The zero-order valence-corrected chi connectivity index (χ0v) is 12.4. The number of hydrogen-bond acceptors (Lipinski definition) is 1. The molecule has 2 aromatic carbocycles. The maximum atomic E-state index is 13.7. The van der Waals surface area contributed by atoms with Crippen LogP contribution >= 0.6 is 31.9 Å². The topological polar surface area (TPSA) is 17.1 Å². The van der Waals surface area contributed by atoms with E-state index in [1.807, 2.05) is 0 Å². The first kappa shape index (κ1) is 14.3. The van der Waals surface area contributed by atoms with Crippen LogP contribution in [-0.2, 0) is 0 Å². The fraction of sp³-hybridized carbons (Fsp3) is 0. The van der Waals surface area contributed by atoms with Crippen LogP contribution in [0.15, 0.2) is 39.3 Å². The molecule has 0 aromatic heterocycles. The highest BCUT2D eigenvalue weighted by Gasteiger charge is 2.20. The van der Waals surface area contributed by atoms with Crippen LogP contribution < -0.4 is 0 Å². The van der Waals surface area contributed by atoms with Crippen molar-refractivity contribution in [2.24, 2.45) is 0 Å². The van der Waals surface area contributed by atoms with Gasteiger partial charge in [0.15, 0.2) is 5.78 Å². The lowest BCUT2D eigenvalue weighted by molar-refractivity contribution is 0.103. The van der Waals surface area contributed by atoms with E-state index >= 15 is 0 Å². The average molecular weight is 394 g/mol. The molecule has 0 radical (unpaired) electrons. The number of carbonyl (C=O) groups excluding carboxylic acids is 1. The van der Waals surface area contributed by atoms with Gasteiger partial charge in [0.2, 0.25) is 0 Å². The maximum absolute atomic E-state index is 13.7. The lowest BCUT2D eigenvalue weighted by Crippen LogP contribution is -2.07. The predicted molar refractivity (Wildman–Crippen MR) is 71.6 cm³/mol. The van der Waals surface area contributed by atoms with Gasteiger partial charge in [-0.2, -0.15) is 0 Å². The van der Waals surface area contributed by atoms with Crippen molar-refractivity contribution in [1.29, 1.82) is 0 Å². The molecule has 2 rings (SSSR count). The van der Waals surface area contributed by atoms with E-state index in [0.29, 0.717) is 0 Å². The van der Waals surface area contributed by atoms with E-state index in [4.69, 9.17) is 0 Å². The second-order valence-corrected chi connectivity index (χ2v) is 5.32. The fourth-order valence-corrected chi connectivity index (χ4v) is 2.28. The number of halogens is 5. The molecule has 0 fully saturated rings. The van der Waals surface area contributed by atoms with E-state index in [1.54, 1.807) is 0 Å². The van der Waals surface area contributed by atoms with Gasteiger partial charge in [0.05, 0.1) is 14.5 Å². The predicted octanol–water partition coefficient (Wildman–Crippen LogP) is 4.86. The molecule has 0 saturated carbocycles. The third kappa shape index (κ3) is 2.74. The summed E-state index contributed by atoms with van der Waals surface area (Å²) in [4.78, 5) is 12.1. The van der Waals surface area contributed by atoms with Crippen LogP contribution in [0.1, 0.15) is 15.9 Å². The first-order valence-electron chi connectivity index (χ1n) is 5.05. The summed E-state index contributed by atoms with van der Waals surface area (Å²) in [5.74, 6) is -3.09. The van der Waals surface area contributed by atoms with E-state index in [2.05, 4.69) is 31.9 Å². The highest BCUT2D eigenvalue weighted by Crippen LogP contribution is 2.26. The van der Waals surface area contributed by atoms with Crippen molar-refractivity contribution in [3.05, 3.63) is 67.9 Å². The Kier molecular flexibility index (Phi) is 4.10. The number of rotatable bonds is 2. The SMILES string of the molecule is O=C(c1cc(F)c(Br)cc1F)c1cccc(F)c1Br. The molecule has 0 N–H and O–H groups in total. The molecule has 2 aromatic rings. The Bertz CT molecular complexity index is 671. The zero-order chi connectivity index (χ0) is 14.2. The quantitative estimate of drug-likeness (QED) is 0.526. The van der Waals surface area contributed by atoms with E-state index < -0.39 is 28.8 Å². The van der Waals surface area contributed by atoms with Crippen LogP contribution in [0.25, 0.3) is 0 Å². The summed E-state index contributed by atoms with van der Waals surface area (Å²) in [7, 11) is 0. The number of ketones is 1. The molecular formula is C13H5Br2F3O. The molecule has 0 atom stereocenters. The highest BCUT2D eigenvalue weighted by atomic mass is 79.9. The van der Waals surface area contributed by atoms with Crippen molar-refractivity contribution in [2.45, 2.75) is 0 Å². The fourth-order valence-electron chi connectivity index (χ4n) is 1.52. The van der Waals surface area contributed by atoms with Gasteiger partial charge in [0, 0.05) is 5.56 Å². The molecular weight excluding hydrogens is 389 g/mol. The Morgan fingerprint density at radius 3 is 2.26 bits per heavy atom. The van der Waals surface area contributed by atoms with Crippen LogP contribution in [0.3, 0.4) is 0 Å². The third-order valence-corrected chi connectivity index (χ3v) is 3.86. The summed E-state index contributed by atoms with van der Waals surface area (Å²) in [6.07, 6.45) is 0. The first-order chi connectivity index (χ1) is 8.91. The number of benzene rings is 2. The van der Waals surface area contributed by atoms with Crippen molar-refractivity contribution >= 4 is 37.6 Å². The molecule has 0 heterocycles. The summed E-state index contributed by atoms with van der Waals surface area (Å²) in [6, 6.07) is 5.43. The highest BCUT2D eigenvalue weighted by molar-refractivity contribution is 9.10. The summed E-state index contributed by atoms with van der Waals surface area (Å²) >= 11 is 5.73. The van der Waals surface area contributed by atoms with Gasteiger partial charge in [0.1, 0.15) is 17.5 Å². The second-order valence-electron chi connectivity index (χ2n) is 3.68. The molecule has 0 saturated heterocycles. The van der Waals surface area contributed by atoms with Crippen molar-refractivity contribution in [1.82, 2.24) is 0 Å². The van der Waals surface area contributed by atoms with Crippen molar-refractivity contribution in [3.63, 3.8) is 0 Å². The lowest BCUT2D eigenvalue weighted by atomic mass is 10.0. The van der Waals surface area contributed by atoms with Crippen LogP contribution in [-0.4, -0.2) is 5.78 Å². The van der Waals surface area contributed by atoms with Gasteiger partial charge in [-0.25, -0.2) is 13.2 Å². The first-order valence-corrected chi connectivity index (χ1v) is 6.63. The molecule has 0 unspecified atom stereocenters. The molecule has 19 heavy (non-hydrogen) atoms. The maximum Gasteiger partial charge on any atom is 0.197 e. The van der Waals surface area contributed by atoms with E-state index in [0.717, 1.165) is 18.2 Å². The van der Waals surface area contributed by atoms with Crippen LogP contribution in [0, 0.1) is 17.5 Å². The summed E-state index contributed by atoms with van der Waals surface area (Å²) in [6.45, 7) is 0. The van der Waals surface area contributed by atoms with Gasteiger partial charge >= 0.3 is 0 Å². The average Bonchev–Trinajstić information content (AvgIpc) is 2.36. The molecule has 0 amide bonds. The van der Waals surface area contributed by atoms with Gasteiger partial charge in [-0.1, -0.05) is 6.07 Å². The summed E-state index contributed by atoms with van der Waals surface area (Å²) in [5.41, 5.74) is -0.521. The Morgan fingerprint density at radius 1 is 0.895 bits per heavy atom. The Morgan fingerprint density at radius 2 is 1.58 bits per heavy atom. The van der Waals surface area contributed by atoms with Crippen LogP contribution in [0.5, 0.6) is 0 Å². The minimum Gasteiger partial charge on any atom is -0.288 e. The Hall–Kier alpha value is -1.14. The largest absolute Gasteiger partial charge is 0.288 e. The second kappa shape index (κ2) is 5.46. The molecule has 0 aliphatic heterocycles. The molecule has 0 aliphatic carbocycles. The van der Waals surface area contributed by atoms with Crippen molar-refractivity contribution in [2.75, 3.05) is 0 Å². The molecule has 0 spiro atoms. The molecule has 1 nitrogen and oxygen atoms in total. The molecule has 0 bridgehead atoms. The number of carbonyl (C=O) groups is 1. The summed E-state index contributed by atoms with van der Waals surface area (Å²) < 4.78 is 40.2. The van der Waals surface area contributed by atoms with Crippen molar-refractivity contribution < 1.29 is 18.0 Å². The minimum absolute atomic E-state index is 0.0689. The molecule has 98 valence electrons. The standard InChI is InChI=1S/C13H5Br2F3O/c14-8-5-10(17)7(4-11(8)18)13(19)6-2-1-3-9(16)12(6)15/h1-5H. The summed E-state index contributed by atoms with van der Waals surface area (Å²) in [5, 5.41) is 0. The number of hydrogen-bond donors (Lipinski definition) is 0. The van der Waals surface area contributed by atoms with Gasteiger partial charge in [0.25, 0.3) is 0 Å². The van der Waals surface area contributed by atoms with E-state index in [9.17, 15) is 18.0 Å². The van der Waals surface area contributed by atoms with Gasteiger partial charge in [-0.3, -0.25) is 4.79 Å². The minimum atomic E-state index is -0.880. The smallest absolute Gasteiger partial charge is 0.197 e. The monoisotopic (exact) mass is 392 g/mol. The third-order valence-electron chi connectivity index (χ3n) is 2.45. The van der Waals surface area contributed by atoms with Gasteiger partial charge in [-0.15, -0.1) is 0 Å². The van der Waals surface area contributed by atoms with Crippen LogP contribution in [0.4, 0.5) is 13.2 Å². The molecule has 6 heteroatoms. The van der Waals surface area contributed by atoms with E-state index in [1.165, 1.54) is 12.1 Å². The van der Waals surface area contributed by atoms with E-state index in [-0.39, 0.29) is 14.5 Å². The van der Waals surface area contributed by atoms with Crippen molar-refractivity contribution in [3.8, 4) is 0 Å².